The Labute approximate surface area is 129 Å². The van der Waals surface area contributed by atoms with Crippen molar-refractivity contribution in [1.82, 2.24) is 20.2 Å². The van der Waals surface area contributed by atoms with E-state index in [1.165, 1.54) is 0 Å². The van der Waals surface area contributed by atoms with Crippen LogP contribution in [-0.4, -0.2) is 41.7 Å². The predicted octanol–water partition coefficient (Wildman–Crippen LogP) is 1.28. The van der Waals surface area contributed by atoms with Gasteiger partial charge in [0.15, 0.2) is 0 Å². The molecule has 0 aliphatic carbocycles. The number of amides is 1. The first-order valence-corrected chi connectivity index (χ1v) is 7.38. The van der Waals surface area contributed by atoms with E-state index >= 15 is 0 Å². The van der Waals surface area contributed by atoms with Crippen LogP contribution in [-0.2, 0) is 0 Å². The third-order valence-corrected chi connectivity index (χ3v) is 3.83. The number of hydrogen-bond acceptors (Lipinski definition) is 4. The van der Waals surface area contributed by atoms with Crippen molar-refractivity contribution in [2.75, 3.05) is 20.2 Å². The molecule has 22 heavy (non-hydrogen) atoms. The van der Waals surface area contributed by atoms with Gasteiger partial charge in [-0.2, -0.15) is 0 Å². The van der Waals surface area contributed by atoms with Gasteiger partial charge < -0.3 is 19.9 Å². The van der Waals surface area contributed by atoms with Crippen LogP contribution in [0.5, 0.6) is 5.75 Å². The summed E-state index contributed by atoms with van der Waals surface area (Å²) in [6, 6.07) is 5.66. The van der Waals surface area contributed by atoms with Gasteiger partial charge in [-0.25, -0.2) is 4.98 Å². The van der Waals surface area contributed by atoms with E-state index in [1.807, 2.05) is 29.8 Å². The monoisotopic (exact) mass is 300 g/mol. The predicted molar refractivity (Wildman–Crippen MR) is 83.6 cm³/mol. The normalized spacial score (nSPS) is 17.5. The van der Waals surface area contributed by atoms with Crippen LogP contribution in [0.3, 0.4) is 0 Å². The Kier molecular flexibility index (Phi) is 4.11. The molecule has 1 fully saturated rings. The minimum Gasteiger partial charge on any atom is -0.495 e. The van der Waals surface area contributed by atoms with Crippen molar-refractivity contribution in [1.29, 1.82) is 0 Å². The molecule has 0 saturated carbocycles. The van der Waals surface area contributed by atoms with Gasteiger partial charge in [0.1, 0.15) is 5.75 Å². The van der Waals surface area contributed by atoms with E-state index in [4.69, 9.17) is 4.74 Å². The molecule has 1 aromatic carbocycles. The lowest BCUT2D eigenvalue weighted by Gasteiger charge is -2.14. The number of nitrogens with zero attached hydrogens (tertiary/aromatic N) is 2. The number of benzene rings is 1. The van der Waals surface area contributed by atoms with Crippen LogP contribution in [0.15, 0.2) is 30.7 Å². The molecule has 2 heterocycles. The standard InChI is InChI=1S/C16H20N4O2/c1-11-9-20(10-18-11)14-4-3-12(7-15(14)22-2)16(21)19-13-5-6-17-8-13/h3-4,7,9-10,13,17H,5-6,8H2,1-2H3,(H,19,21). The van der Waals surface area contributed by atoms with Crippen molar-refractivity contribution in [3.8, 4) is 11.4 Å². The number of methoxy groups -OCH3 is 1. The van der Waals surface area contributed by atoms with Crippen LogP contribution >= 0.6 is 0 Å². The van der Waals surface area contributed by atoms with Gasteiger partial charge in [-0.05, 0) is 38.1 Å². The summed E-state index contributed by atoms with van der Waals surface area (Å²) in [6.45, 7) is 3.71. The summed E-state index contributed by atoms with van der Waals surface area (Å²) in [4.78, 5) is 16.5. The van der Waals surface area contributed by atoms with Crippen LogP contribution in [0.25, 0.3) is 5.69 Å². The molecule has 0 bridgehead atoms. The first-order valence-electron chi connectivity index (χ1n) is 7.38. The van der Waals surface area contributed by atoms with Crippen molar-refractivity contribution >= 4 is 5.91 Å². The maximum absolute atomic E-state index is 12.3. The Morgan fingerprint density at radius 2 is 2.36 bits per heavy atom. The molecule has 116 valence electrons. The lowest BCUT2D eigenvalue weighted by molar-refractivity contribution is 0.0939. The van der Waals surface area contributed by atoms with E-state index in [9.17, 15) is 4.79 Å². The fraction of sp³-hybridized carbons (Fsp3) is 0.375. The van der Waals surface area contributed by atoms with Crippen molar-refractivity contribution in [3.63, 3.8) is 0 Å². The molecule has 0 spiro atoms. The average molecular weight is 300 g/mol. The maximum Gasteiger partial charge on any atom is 0.251 e. The minimum atomic E-state index is -0.0691. The second-order valence-corrected chi connectivity index (χ2v) is 5.47. The van der Waals surface area contributed by atoms with Gasteiger partial charge in [-0.15, -0.1) is 0 Å². The number of aromatic nitrogens is 2. The molecule has 1 atom stereocenters. The van der Waals surface area contributed by atoms with Crippen LogP contribution in [0, 0.1) is 6.92 Å². The van der Waals surface area contributed by atoms with Crippen LogP contribution in [0.4, 0.5) is 0 Å². The largest absolute Gasteiger partial charge is 0.495 e. The number of imidazole rings is 1. The van der Waals surface area contributed by atoms with Gasteiger partial charge in [-0.1, -0.05) is 0 Å². The highest BCUT2D eigenvalue weighted by molar-refractivity contribution is 5.95. The lowest BCUT2D eigenvalue weighted by Crippen LogP contribution is -2.36. The molecule has 1 aliphatic heterocycles. The molecule has 1 amide bonds. The number of aryl methyl sites for hydroxylation is 1. The molecule has 6 heteroatoms. The first kappa shape index (κ1) is 14.6. The molecule has 1 unspecified atom stereocenters. The molecule has 2 N–H and O–H groups in total. The first-order chi connectivity index (χ1) is 10.7. The van der Waals surface area contributed by atoms with E-state index in [0.717, 1.165) is 30.9 Å². The highest BCUT2D eigenvalue weighted by Gasteiger charge is 2.18. The molecular formula is C16H20N4O2. The van der Waals surface area contributed by atoms with E-state index in [1.54, 1.807) is 19.5 Å². The van der Waals surface area contributed by atoms with Gasteiger partial charge in [0.25, 0.3) is 5.91 Å². The molecule has 0 radical (unpaired) electrons. The highest BCUT2D eigenvalue weighted by atomic mass is 16.5. The number of carbonyl (C=O) groups is 1. The minimum absolute atomic E-state index is 0.0691. The molecule has 2 aromatic rings. The van der Waals surface area contributed by atoms with E-state index < -0.39 is 0 Å². The lowest BCUT2D eigenvalue weighted by atomic mass is 10.1. The second kappa shape index (κ2) is 6.19. The summed E-state index contributed by atoms with van der Waals surface area (Å²) in [5.41, 5.74) is 2.39. The maximum atomic E-state index is 12.3. The second-order valence-electron chi connectivity index (χ2n) is 5.47. The number of carbonyl (C=O) groups excluding carboxylic acids is 1. The summed E-state index contributed by atoms with van der Waals surface area (Å²) in [5, 5.41) is 6.27. The third-order valence-electron chi connectivity index (χ3n) is 3.83. The number of ether oxygens (including phenoxy) is 1. The van der Waals surface area contributed by atoms with Gasteiger partial charge in [0.05, 0.1) is 24.8 Å². The van der Waals surface area contributed by atoms with Crippen LogP contribution in [0.2, 0.25) is 0 Å². The van der Waals surface area contributed by atoms with E-state index in [0.29, 0.717) is 11.3 Å². The van der Waals surface area contributed by atoms with E-state index in [-0.39, 0.29) is 11.9 Å². The topological polar surface area (TPSA) is 68.2 Å². The quantitative estimate of drug-likeness (QED) is 0.892. The number of nitrogens with one attached hydrogen (secondary N) is 2. The summed E-state index contributed by atoms with van der Waals surface area (Å²) in [5.74, 6) is 0.579. The van der Waals surface area contributed by atoms with Gasteiger partial charge in [-0.3, -0.25) is 4.79 Å². The van der Waals surface area contributed by atoms with Gasteiger partial charge >= 0.3 is 0 Å². The molecule has 1 saturated heterocycles. The summed E-state index contributed by atoms with van der Waals surface area (Å²) in [6.07, 6.45) is 4.62. The zero-order chi connectivity index (χ0) is 15.5. The average Bonchev–Trinajstić information content (AvgIpc) is 3.18. The number of hydrogen-bond donors (Lipinski definition) is 2. The summed E-state index contributed by atoms with van der Waals surface area (Å²) < 4.78 is 7.31. The fourth-order valence-corrected chi connectivity index (χ4v) is 2.63. The SMILES string of the molecule is COc1cc(C(=O)NC2CCNC2)ccc1-n1cnc(C)c1. The zero-order valence-electron chi connectivity index (χ0n) is 12.8. The number of rotatable bonds is 4. The fourth-order valence-electron chi connectivity index (χ4n) is 2.63. The Bertz CT molecular complexity index is 675. The Morgan fingerprint density at radius 1 is 1.50 bits per heavy atom. The Balaban J connectivity index is 1.83. The highest BCUT2D eigenvalue weighted by Crippen LogP contribution is 2.24. The van der Waals surface area contributed by atoms with Crippen LogP contribution in [0.1, 0.15) is 22.5 Å². The zero-order valence-corrected chi connectivity index (χ0v) is 12.8. The van der Waals surface area contributed by atoms with Crippen molar-refractivity contribution in [2.45, 2.75) is 19.4 Å². The molecule has 6 nitrogen and oxygen atoms in total. The van der Waals surface area contributed by atoms with Crippen molar-refractivity contribution in [3.05, 3.63) is 42.0 Å². The van der Waals surface area contributed by atoms with Gasteiger partial charge in [0, 0.05) is 24.3 Å². The van der Waals surface area contributed by atoms with E-state index in [2.05, 4.69) is 15.6 Å². The third kappa shape index (κ3) is 2.96. The van der Waals surface area contributed by atoms with Crippen molar-refractivity contribution in [2.24, 2.45) is 0 Å². The summed E-state index contributed by atoms with van der Waals surface area (Å²) >= 11 is 0. The smallest absolute Gasteiger partial charge is 0.251 e. The van der Waals surface area contributed by atoms with Gasteiger partial charge in [0.2, 0.25) is 0 Å². The summed E-state index contributed by atoms with van der Waals surface area (Å²) in [7, 11) is 1.60. The molecule has 1 aromatic heterocycles. The molecular weight excluding hydrogens is 280 g/mol. The Hall–Kier alpha value is -2.34. The molecule has 1 aliphatic rings. The molecule has 3 rings (SSSR count). The Morgan fingerprint density at radius 3 is 3.00 bits per heavy atom. The van der Waals surface area contributed by atoms with Crippen molar-refractivity contribution < 1.29 is 9.53 Å². The van der Waals surface area contributed by atoms with Crippen LogP contribution < -0.4 is 15.4 Å².